The van der Waals surface area contributed by atoms with Gasteiger partial charge in [-0.2, -0.15) is 17.6 Å². The number of benzene rings is 1. The van der Waals surface area contributed by atoms with Crippen LogP contribution in [0.25, 0.3) is 11.0 Å². The van der Waals surface area contributed by atoms with Crippen LogP contribution in [-0.2, 0) is 15.4 Å². The fourth-order valence-electron chi connectivity index (χ4n) is 7.12. The van der Waals surface area contributed by atoms with E-state index in [0.29, 0.717) is 5.52 Å². The van der Waals surface area contributed by atoms with E-state index in [1.165, 1.54) is 48.2 Å². The van der Waals surface area contributed by atoms with Crippen LogP contribution in [0.3, 0.4) is 0 Å². The molecular weight excluding hydrogens is 388 g/mol. The summed E-state index contributed by atoms with van der Waals surface area (Å²) in [6.07, 6.45) is 7.58. The van der Waals surface area contributed by atoms with Gasteiger partial charge in [-0.1, -0.05) is 6.07 Å². The van der Waals surface area contributed by atoms with E-state index in [4.69, 9.17) is 4.63 Å². The predicted octanol–water partition coefficient (Wildman–Crippen LogP) is 3.74. The Morgan fingerprint density at radius 2 is 1.69 bits per heavy atom. The van der Waals surface area contributed by atoms with Crippen molar-refractivity contribution in [3.8, 4) is 0 Å². The molecule has 2 aromatic heterocycles. The minimum atomic E-state index is -3.90. The predicted molar refractivity (Wildman–Crippen MR) is 106 cm³/mol. The summed E-state index contributed by atoms with van der Waals surface area (Å²) in [7, 11) is -3.90. The van der Waals surface area contributed by atoms with Gasteiger partial charge in [0.25, 0.3) is 10.0 Å². The maximum absolute atomic E-state index is 13.6. The van der Waals surface area contributed by atoms with Gasteiger partial charge in [-0.3, -0.25) is 0 Å². The standard InChI is InChI=1S/C21H24N4O3S/c1-12-19(21-9-14-6-15(10-21)8-16(7-14)11-21)13(2)25(22-12)29(26,27)18-5-3-4-17-20(18)24-28-23-17/h3-5,14-16H,6-11H2,1-2H3. The Balaban J connectivity index is 1.51. The molecule has 4 bridgehead atoms. The van der Waals surface area contributed by atoms with Gasteiger partial charge in [-0.15, -0.1) is 0 Å². The first-order valence-electron chi connectivity index (χ1n) is 10.4. The van der Waals surface area contributed by atoms with Crippen molar-refractivity contribution >= 4 is 21.1 Å². The summed E-state index contributed by atoms with van der Waals surface area (Å²) < 4.78 is 33.1. The molecule has 0 atom stereocenters. The summed E-state index contributed by atoms with van der Waals surface area (Å²) in [5, 5.41) is 12.2. The van der Waals surface area contributed by atoms with E-state index in [1.807, 2.05) is 13.8 Å². The number of rotatable bonds is 3. The lowest BCUT2D eigenvalue weighted by Gasteiger charge is -2.57. The molecule has 0 amide bonds. The van der Waals surface area contributed by atoms with Gasteiger partial charge in [0.15, 0.2) is 5.52 Å². The molecule has 4 saturated carbocycles. The molecule has 29 heavy (non-hydrogen) atoms. The molecule has 0 N–H and O–H groups in total. The Bertz CT molecular complexity index is 1200. The lowest BCUT2D eigenvalue weighted by molar-refractivity contribution is -0.00574. The molecule has 0 unspecified atom stereocenters. The van der Waals surface area contributed by atoms with Crippen molar-refractivity contribution in [3.05, 3.63) is 35.2 Å². The highest BCUT2D eigenvalue weighted by Crippen LogP contribution is 2.61. The van der Waals surface area contributed by atoms with Crippen LogP contribution in [0, 0.1) is 31.6 Å². The van der Waals surface area contributed by atoms with Gasteiger partial charge in [0.2, 0.25) is 0 Å². The zero-order valence-electron chi connectivity index (χ0n) is 16.6. The Kier molecular flexibility index (Phi) is 3.45. The Morgan fingerprint density at radius 1 is 1.03 bits per heavy atom. The molecule has 0 radical (unpaired) electrons. The van der Waals surface area contributed by atoms with Crippen molar-refractivity contribution in [2.24, 2.45) is 17.8 Å². The average molecular weight is 413 g/mol. The van der Waals surface area contributed by atoms with Crippen molar-refractivity contribution in [3.63, 3.8) is 0 Å². The molecule has 0 spiro atoms. The highest BCUT2D eigenvalue weighted by Gasteiger charge is 2.53. The smallest absolute Gasteiger partial charge is 0.243 e. The minimum absolute atomic E-state index is 0.0823. The van der Waals surface area contributed by atoms with Crippen LogP contribution < -0.4 is 0 Å². The zero-order valence-corrected chi connectivity index (χ0v) is 17.4. The molecule has 8 heteroatoms. The Labute approximate surface area is 169 Å². The second-order valence-corrected chi connectivity index (χ2v) is 11.2. The van der Waals surface area contributed by atoms with Gasteiger partial charge in [0, 0.05) is 5.56 Å². The van der Waals surface area contributed by atoms with Gasteiger partial charge < -0.3 is 0 Å². The second kappa shape index (κ2) is 5.68. The van der Waals surface area contributed by atoms with Crippen LogP contribution in [0.4, 0.5) is 0 Å². The van der Waals surface area contributed by atoms with Crippen molar-refractivity contribution in [2.45, 2.75) is 62.7 Å². The molecular formula is C21H24N4O3S. The van der Waals surface area contributed by atoms with E-state index in [9.17, 15) is 8.42 Å². The number of aryl methyl sites for hydroxylation is 1. The second-order valence-electron chi connectivity index (χ2n) is 9.48. The molecule has 0 saturated heterocycles. The van der Waals surface area contributed by atoms with Crippen LogP contribution >= 0.6 is 0 Å². The van der Waals surface area contributed by atoms with Crippen LogP contribution in [0.1, 0.15) is 55.5 Å². The summed E-state index contributed by atoms with van der Waals surface area (Å²) >= 11 is 0. The highest BCUT2D eigenvalue weighted by molar-refractivity contribution is 7.90. The maximum atomic E-state index is 13.6. The first-order valence-corrected chi connectivity index (χ1v) is 11.8. The quantitative estimate of drug-likeness (QED) is 0.651. The fourth-order valence-corrected chi connectivity index (χ4v) is 8.62. The van der Waals surface area contributed by atoms with Gasteiger partial charge in [-0.05, 0) is 98.0 Å². The van der Waals surface area contributed by atoms with Crippen molar-refractivity contribution in [1.82, 2.24) is 19.5 Å². The van der Waals surface area contributed by atoms with E-state index in [-0.39, 0.29) is 15.8 Å². The Hall–Kier alpha value is -2.22. The lowest BCUT2D eigenvalue weighted by atomic mass is 9.48. The van der Waals surface area contributed by atoms with Crippen LogP contribution in [0.2, 0.25) is 0 Å². The molecule has 4 aliphatic rings. The third-order valence-electron chi connectivity index (χ3n) is 7.57. The molecule has 1 aromatic carbocycles. The fraction of sp³-hybridized carbons (Fsp3) is 0.571. The molecule has 0 aliphatic heterocycles. The number of hydrogen-bond donors (Lipinski definition) is 0. The van der Waals surface area contributed by atoms with E-state index in [2.05, 4.69) is 15.4 Å². The first-order chi connectivity index (χ1) is 13.9. The SMILES string of the molecule is Cc1nn(S(=O)(=O)c2cccc3nonc23)c(C)c1C12CC3CC(CC(C3)C1)C2. The normalized spacial score (nSPS) is 31.0. The summed E-state index contributed by atoms with van der Waals surface area (Å²) in [4.78, 5) is 0.0823. The van der Waals surface area contributed by atoms with E-state index < -0.39 is 10.0 Å². The van der Waals surface area contributed by atoms with Gasteiger partial charge in [-0.25, -0.2) is 4.63 Å². The maximum Gasteiger partial charge on any atom is 0.285 e. The van der Waals surface area contributed by atoms with Crippen molar-refractivity contribution in [2.75, 3.05) is 0 Å². The van der Waals surface area contributed by atoms with Crippen LogP contribution in [0.5, 0.6) is 0 Å². The highest BCUT2D eigenvalue weighted by atomic mass is 32.2. The monoisotopic (exact) mass is 412 g/mol. The average Bonchev–Trinajstić information content (AvgIpc) is 3.24. The molecule has 4 fully saturated rings. The third-order valence-corrected chi connectivity index (χ3v) is 9.27. The van der Waals surface area contributed by atoms with Gasteiger partial charge in [0.1, 0.15) is 10.4 Å². The summed E-state index contributed by atoms with van der Waals surface area (Å²) in [5.74, 6) is 2.36. The van der Waals surface area contributed by atoms with Crippen molar-refractivity contribution < 1.29 is 13.0 Å². The molecule has 3 aromatic rings. The minimum Gasteiger partial charge on any atom is -0.243 e. The van der Waals surface area contributed by atoms with Gasteiger partial charge in [0.05, 0.1) is 11.4 Å². The molecule has 152 valence electrons. The lowest BCUT2D eigenvalue weighted by Crippen LogP contribution is -2.49. The molecule has 2 heterocycles. The molecule has 7 rings (SSSR count). The summed E-state index contributed by atoms with van der Waals surface area (Å²) in [5.41, 5.74) is 3.53. The van der Waals surface area contributed by atoms with E-state index >= 15 is 0 Å². The van der Waals surface area contributed by atoms with Crippen molar-refractivity contribution in [1.29, 1.82) is 0 Å². The molecule has 4 aliphatic carbocycles. The molecule has 7 nitrogen and oxygen atoms in total. The van der Waals surface area contributed by atoms with Gasteiger partial charge >= 0.3 is 0 Å². The topological polar surface area (TPSA) is 90.9 Å². The largest absolute Gasteiger partial charge is 0.285 e. The Morgan fingerprint density at radius 3 is 2.34 bits per heavy atom. The number of aromatic nitrogens is 4. The van der Waals surface area contributed by atoms with Crippen LogP contribution in [0.15, 0.2) is 27.7 Å². The van der Waals surface area contributed by atoms with E-state index in [0.717, 1.165) is 29.1 Å². The van der Waals surface area contributed by atoms with Crippen LogP contribution in [-0.4, -0.2) is 27.9 Å². The number of fused-ring (bicyclic) bond motifs is 1. The van der Waals surface area contributed by atoms with E-state index in [1.54, 1.807) is 18.2 Å². The summed E-state index contributed by atoms with van der Waals surface area (Å²) in [6, 6.07) is 4.89. The number of nitrogens with zero attached hydrogens (tertiary/aromatic N) is 4. The third kappa shape index (κ3) is 2.35. The number of hydrogen-bond acceptors (Lipinski definition) is 6. The first kappa shape index (κ1) is 17.6. The summed E-state index contributed by atoms with van der Waals surface area (Å²) in [6.45, 7) is 3.87. The zero-order chi connectivity index (χ0) is 20.0.